The fourth-order valence-corrected chi connectivity index (χ4v) is 2.68. The van der Waals surface area contributed by atoms with Gasteiger partial charge in [0.1, 0.15) is 0 Å². The highest BCUT2D eigenvalue weighted by Crippen LogP contribution is 2.24. The highest BCUT2D eigenvalue weighted by molar-refractivity contribution is 9.10. The molecule has 1 unspecified atom stereocenters. The van der Waals surface area contributed by atoms with Crippen molar-refractivity contribution in [3.8, 4) is 0 Å². The Morgan fingerprint density at radius 1 is 1.53 bits per heavy atom. The lowest BCUT2D eigenvalue weighted by Crippen LogP contribution is -2.14. The highest BCUT2D eigenvalue weighted by Gasteiger charge is 2.21. The molecular weight excluding hydrogens is 302 g/mol. The molecule has 0 saturated heterocycles. The third-order valence-electron chi connectivity index (χ3n) is 2.41. The average Bonchev–Trinajstić information content (AvgIpc) is 2.78. The van der Waals surface area contributed by atoms with E-state index in [4.69, 9.17) is 0 Å². The molecule has 0 radical (unpaired) electrons. The molecule has 0 saturated carbocycles. The molecule has 1 heterocycles. The number of thiazole rings is 1. The maximum atomic E-state index is 11.3. The topological polar surface area (TPSA) is 50.2 Å². The standard InChI is InChI=1S/C12H10BrNO2S/c13-9-3-1-2-8(6-9)10(12(15)16)7-11-14-4-5-17-11/h1-6,10H,7H2,(H,15,16). The molecular formula is C12H10BrNO2S. The van der Waals surface area contributed by atoms with Crippen molar-refractivity contribution in [2.45, 2.75) is 12.3 Å². The van der Waals surface area contributed by atoms with Gasteiger partial charge in [-0.2, -0.15) is 0 Å². The van der Waals surface area contributed by atoms with E-state index in [-0.39, 0.29) is 0 Å². The molecule has 1 aromatic carbocycles. The van der Waals surface area contributed by atoms with E-state index >= 15 is 0 Å². The van der Waals surface area contributed by atoms with E-state index in [1.165, 1.54) is 11.3 Å². The molecule has 1 N–H and O–H groups in total. The minimum absolute atomic E-state index is 0.434. The Morgan fingerprint density at radius 2 is 2.35 bits per heavy atom. The predicted octanol–water partition coefficient (Wildman–Crippen LogP) is 3.32. The molecule has 0 fully saturated rings. The Morgan fingerprint density at radius 3 is 2.94 bits per heavy atom. The van der Waals surface area contributed by atoms with Crippen LogP contribution in [0.5, 0.6) is 0 Å². The van der Waals surface area contributed by atoms with Crippen molar-refractivity contribution in [3.63, 3.8) is 0 Å². The van der Waals surface area contributed by atoms with Crippen molar-refractivity contribution < 1.29 is 9.90 Å². The van der Waals surface area contributed by atoms with E-state index in [1.54, 1.807) is 6.20 Å². The maximum Gasteiger partial charge on any atom is 0.311 e. The third kappa shape index (κ3) is 3.14. The van der Waals surface area contributed by atoms with Crippen LogP contribution in [0.4, 0.5) is 0 Å². The minimum atomic E-state index is -0.821. The van der Waals surface area contributed by atoms with Crippen LogP contribution >= 0.6 is 27.3 Å². The number of nitrogens with zero attached hydrogens (tertiary/aromatic N) is 1. The predicted molar refractivity (Wildman–Crippen MR) is 70.3 cm³/mol. The van der Waals surface area contributed by atoms with Crippen LogP contribution in [0.2, 0.25) is 0 Å². The average molecular weight is 312 g/mol. The lowest BCUT2D eigenvalue weighted by atomic mass is 9.96. The van der Waals surface area contributed by atoms with Crippen molar-refractivity contribution in [3.05, 3.63) is 50.9 Å². The number of aromatic nitrogens is 1. The normalized spacial score (nSPS) is 12.3. The number of aliphatic carboxylic acids is 1. The first-order chi connectivity index (χ1) is 8.16. The van der Waals surface area contributed by atoms with Crippen molar-refractivity contribution in [2.75, 3.05) is 0 Å². The van der Waals surface area contributed by atoms with Crippen LogP contribution in [0, 0.1) is 0 Å². The Kier molecular flexibility index (Phi) is 3.91. The van der Waals surface area contributed by atoms with Crippen LogP contribution in [0.1, 0.15) is 16.5 Å². The smallest absolute Gasteiger partial charge is 0.311 e. The SMILES string of the molecule is O=C(O)C(Cc1nccs1)c1cccc(Br)c1. The van der Waals surface area contributed by atoms with Gasteiger partial charge in [-0.25, -0.2) is 4.98 Å². The Bertz CT molecular complexity index is 513. The van der Waals surface area contributed by atoms with Gasteiger partial charge in [-0.1, -0.05) is 28.1 Å². The van der Waals surface area contributed by atoms with E-state index in [2.05, 4.69) is 20.9 Å². The monoisotopic (exact) mass is 311 g/mol. The third-order valence-corrected chi connectivity index (χ3v) is 3.71. The van der Waals surface area contributed by atoms with Gasteiger partial charge in [-0.3, -0.25) is 4.79 Å². The largest absolute Gasteiger partial charge is 0.481 e. The zero-order chi connectivity index (χ0) is 12.3. The van der Waals surface area contributed by atoms with Crippen molar-refractivity contribution >= 4 is 33.2 Å². The fraction of sp³-hybridized carbons (Fsp3) is 0.167. The summed E-state index contributed by atoms with van der Waals surface area (Å²) in [5.74, 6) is -1.36. The lowest BCUT2D eigenvalue weighted by Gasteiger charge is -2.11. The molecule has 5 heteroatoms. The number of rotatable bonds is 4. The number of carboxylic acid groups (broad SMARTS) is 1. The molecule has 0 aliphatic carbocycles. The fourth-order valence-electron chi connectivity index (χ4n) is 1.60. The van der Waals surface area contributed by atoms with Crippen LogP contribution in [-0.4, -0.2) is 16.1 Å². The zero-order valence-corrected chi connectivity index (χ0v) is 11.2. The zero-order valence-electron chi connectivity index (χ0n) is 8.84. The number of halogens is 1. The minimum Gasteiger partial charge on any atom is -0.481 e. The summed E-state index contributed by atoms with van der Waals surface area (Å²) >= 11 is 4.83. The van der Waals surface area contributed by atoms with E-state index in [1.807, 2.05) is 29.6 Å². The summed E-state index contributed by atoms with van der Waals surface area (Å²) in [6.07, 6.45) is 2.13. The second-order valence-corrected chi connectivity index (χ2v) is 5.47. The van der Waals surface area contributed by atoms with Gasteiger partial charge in [0.2, 0.25) is 0 Å². The van der Waals surface area contributed by atoms with Crippen molar-refractivity contribution in [1.29, 1.82) is 0 Å². The van der Waals surface area contributed by atoms with Crippen LogP contribution in [0.25, 0.3) is 0 Å². The van der Waals surface area contributed by atoms with Gasteiger partial charge in [0.05, 0.1) is 10.9 Å². The van der Waals surface area contributed by atoms with Gasteiger partial charge in [-0.05, 0) is 17.7 Å². The summed E-state index contributed by atoms with van der Waals surface area (Å²) in [6.45, 7) is 0. The summed E-state index contributed by atoms with van der Waals surface area (Å²) in [4.78, 5) is 15.4. The van der Waals surface area contributed by atoms with Gasteiger partial charge in [0.15, 0.2) is 0 Å². The first kappa shape index (κ1) is 12.3. The summed E-state index contributed by atoms with van der Waals surface area (Å²) in [6, 6.07) is 7.40. The van der Waals surface area contributed by atoms with Crippen LogP contribution < -0.4 is 0 Å². The summed E-state index contributed by atoms with van der Waals surface area (Å²) in [7, 11) is 0. The second kappa shape index (κ2) is 5.42. The highest BCUT2D eigenvalue weighted by atomic mass is 79.9. The van der Waals surface area contributed by atoms with Crippen LogP contribution in [-0.2, 0) is 11.2 Å². The number of carboxylic acids is 1. The van der Waals surface area contributed by atoms with Crippen molar-refractivity contribution in [2.24, 2.45) is 0 Å². The van der Waals surface area contributed by atoms with E-state index in [0.29, 0.717) is 6.42 Å². The van der Waals surface area contributed by atoms with E-state index in [0.717, 1.165) is 15.0 Å². The molecule has 0 bridgehead atoms. The molecule has 0 aliphatic heterocycles. The van der Waals surface area contributed by atoms with Gasteiger partial charge in [0.25, 0.3) is 0 Å². The lowest BCUT2D eigenvalue weighted by molar-refractivity contribution is -0.138. The van der Waals surface area contributed by atoms with E-state index < -0.39 is 11.9 Å². The Labute approximate surface area is 111 Å². The molecule has 3 nitrogen and oxygen atoms in total. The number of hydrogen-bond acceptors (Lipinski definition) is 3. The first-order valence-corrected chi connectivity index (χ1v) is 6.70. The maximum absolute atomic E-state index is 11.3. The van der Waals surface area contributed by atoms with Gasteiger partial charge in [0, 0.05) is 22.5 Å². The molecule has 17 heavy (non-hydrogen) atoms. The second-order valence-electron chi connectivity index (χ2n) is 3.58. The quantitative estimate of drug-likeness (QED) is 0.942. The molecule has 0 spiro atoms. The summed E-state index contributed by atoms with van der Waals surface area (Å²) in [5, 5.41) is 12.0. The van der Waals surface area contributed by atoms with Gasteiger partial charge >= 0.3 is 5.97 Å². The first-order valence-electron chi connectivity index (χ1n) is 5.03. The Hall–Kier alpha value is -1.20. The summed E-state index contributed by atoms with van der Waals surface area (Å²) < 4.78 is 0.889. The molecule has 1 aromatic heterocycles. The summed E-state index contributed by atoms with van der Waals surface area (Å²) in [5.41, 5.74) is 0.794. The van der Waals surface area contributed by atoms with Gasteiger partial charge in [-0.15, -0.1) is 11.3 Å². The molecule has 88 valence electrons. The number of benzene rings is 1. The molecule has 1 atom stereocenters. The number of hydrogen-bond donors (Lipinski definition) is 1. The Balaban J connectivity index is 2.26. The van der Waals surface area contributed by atoms with Crippen LogP contribution in [0.3, 0.4) is 0 Å². The van der Waals surface area contributed by atoms with Crippen molar-refractivity contribution in [1.82, 2.24) is 4.98 Å². The van der Waals surface area contributed by atoms with Gasteiger partial charge < -0.3 is 5.11 Å². The van der Waals surface area contributed by atoms with E-state index in [9.17, 15) is 9.90 Å². The molecule has 2 aromatic rings. The van der Waals surface area contributed by atoms with Crippen LogP contribution in [0.15, 0.2) is 40.3 Å². The molecule has 2 rings (SSSR count). The molecule has 0 amide bonds. The number of carbonyl (C=O) groups is 1. The molecule has 0 aliphatic rings.